The van der Waals surface area contributed by atoms with E-state index in [-0.39, 0.29) is 11.9 Å². The molecule has 102 valence electrons. The van der Waals surface area contributed by atoms with Gasteiger partial charge in [-0.15, -0.1) is 5.10 Å². The number of anilines is 1. The number of aromatic nitrogens is 4. The first-order chi connectivity index (χ1) is 8.97. The van der Waals surface area contributed by atoms with Crippen molar-refractivity contribution in [1.29, 1.82) is 0 Å². The molecule has 0 saturated heterocycles. The predicted molar refractivity (Wildman–Crippen MR) is 71.8 cm³/mol. The molecule has 0 fully saturated rings. The molecule has 1 heterocycles. The highest BCUT2D eigenvalue weighted by Crippen LogP contribution is 2.25. The van der Waals surface area contributed by atoms with Gasteiger partial charge in [0.1, 0.15) is 5.82 Å². The van der Waals surface area contributed by atoms with E-state index in [2.05, 4.69) is 29.4 Å². The van der Waals surface area contributed by atoms with Gasteiger partial charge in [0.25, 0.3) is 0 Å². The zero-order valence-electron chi connectivity index (χ0n) is 11.3. The van der Waals surface area contributed by atoms with Crippen molar-refractivity contribution >= 4 is 5.69 Å². The van der Waals surface area contributed by atoms with E-state index in [0.717, 1.165) is 6.42 Å². The van der Waals surface area contributed by atoms with Gasteiger partial charge in [0.15, 0.2) is 5.82 Å². The quantitative estimate of drug-likeness (QED) is 0.861. The lowest BCUT2D eigenvalue weighted by Crippen LogP contribution is -2.11. The summed E-state index contributed by atoms with van der Waals surface area (Å²) in [5, 5.41) is 11.7. The van der Waals surface area contributed by atoms with Crippen LogP contribution < -0.4 is 5.73 Å². The molecule has 5 nitrogen and oxygen atoms in total. The second-order valence-electron chi connectivity index (χ2n) is 5.20. The van der Waals surface area contributed by atoms with Crippen LogP contribution in [-0.4, -0.2) is 20.2 Å². The van der Waals surface area contributed by atoms with Crippen LogP contribution in [0.2, 0.25) is 0 Å². The summed E-state index contributed by atoms with van der Waals surface area (Å²) in [6.07, 6.45) is 0.947. The lowest BCUT2D eigenvalue weighted by Gasteiger charge is -2.15. The molecule has 19 heavy (non-hydrogen) atoms. The van der Waals surface area contributed by atoms with E-state index < -0.39 is 0 Å². The molecular weight excluding hydrogens is 245 g/mol. The monoisotopic (exact) mass is 263 g/mol. The Morgan fingerprint density at radius 1 is 1.26 bits per heavy atom. The molecule has 1 atom stereocenters. The van der Waals surface area contributed by atoms with Gasteiger partial charge >= 0.3 is 0 Å². The summed E-state index contributed by atoms with van der Waals surface area (Å²) in [4.78, 5) is 0. The van der Waals surface area contributed by atoms with Gasteiger partial charge in [0, 0.05) is 11.3 Å². The maximum absolute atomic E-state index is 13.4. The third-order valence-electron chi connectivity index (χ3n) is 2.90. The van der Waals surface area contributed by atoms with Crippen LogP contribution >= 0.6 is 0 Å². The van der Waals surface area contributed by atoms with Gasteiger partial charge < -0.3 is 5.73 Å². The number of hydrogen-bond acceptors (Lipinski definition) is 4. The van der Waals surface area contributed by atoms with Crippen molar-refractivity contribution in [1.82, 2.24) is 20.2 Å². The fourth-order valence-electron chi connectivity index (χ4n) is 2.20. The van der Waals surface area contributed by atoms with Gasteiger partial charge in [-0.1, -0.05) is 13.8 Å². The van der Waals surface area contributed by atoms with Crippen molar-refractivity contribution in [2.45, 2.75) is 33.2 Å². The Morgan fingerprint density at radius 2 is 2.00 bits per heavy atom. The third kappa shape index (κ3) is 3.07. The van der Waals surface area contributed by atoms with Crippen molar-refractivity contribution in [3.8, 4) is 11.4 Å². The molecule has 2 N–H and O–H groups in total. The summed E-state index contributed by atoms with van der Waals surface area (Å²) in [5.41, 5.74) is 6.61. The largest absolute Gasteiger partial charge is 0.399 e. The zero-order valence-corrected chi connectivity index (χ0v) is 11.3. The number of tetrazole rings is 1. The number of nitrogens with two attached hydrogens (primary N) is 1. The van der Waals surface area contributed by atoms with E-state index in [9.17, 15) is 4.39 Å². The molecule has 1 aromatic carbocycles. The van der Waals surface area contributed by atoms with Crippen molar-refractivity contribution in [3.05, 3.63) is 24.0 Å². The maximum Gasteiger partial charge on any atom is 0.182 e. The summed E-state index contributed by atoms with van der Waals surface area (Å²) in [6, 6.07) is 4.48. The van der Waals surface area contributed by atoms with E-state index >= 15 is 0 Å². The Balaban J connectivity index is 2.38. The molecule has 0 radical (unpaired) electrons. The Labute approximate surface area is 111 Å². The van der Waals surface area contributed by atoms with Crippen LogP contribution in [0.4, 0.5) is 10.1 Å². The number of rotatable bonds is 4. The number of hydrogen-bond donors (Lipinski definition) is 1. The standard InChI is InChI=1S/C13H18FN5/c1-8(2)4-9(3)19-13(16-17-18-19)10-5-11(14)7-12(15)6-10/h5-9H,4,15H2,1-3H3. The molecule has 0 aliphatic heterocycles. The van der Waals surface area contributed by atoms with Gasteiger partial charge in [-0.25, -0.2) is 9.07 Å². The Hall–Kier alpha value is -1.98. The van der Waals surface area contributed by atoms with Gasteiger partial charge in [-0.3, -0.25) is 0 Å². The molecular formula is C13H18FN5. The summed E-state index contributed by atoms with van der Waals surface area (Å²) >= 11 is 0. The average molecular weight is 263 g/mol. The molecule has 2 rings (SSSR count). The topological polar surface area (TPSA) is 69.6 Å². The van der Waals surface area contributed by atoms with Gasteiger partial charge in [-0.05, 0) is 47.9 Å². The van der Waals surface area contributed by atoms with Crippen molar-refractivity contribution in [3.63, 3.8) is 0 Å². The zero-order chi connectivity index (χ0) is 14.0. The third-order valence-corrected chi connectivity index (χ3v) is 2.90. The summed E-state index contributed by atoms with van der Waals surface area (Å²) in [7, 11) is 0. The second kappa shape index (κ2) is 5.34. The summed E-state index contributed by atoms with van der Waals surface area (Å²) < 4.78 is 15.1. The molecule has 0 bridgehead atoms. The van der Waals surface area contributed by atoms with Crippen molar-refractivity contribution in [2.75, 3.05) is 5.73 Å². The number of benzene rings is 1. The van der Waals surface area contributed by atoms with Crippen LogP contribution in [0.3, 0.4) is 0 Å². The van der Waals surface area contributed by atoms with E-state index in [1.807, 2.05) is 6.92 Å². The van der Waals surface area contributed by atoms with Crippen molar-refractivity contribution < 1.29 is 4.39 Å². The van der Waals surface area contributed by atoms with Crippen LogP contribution in [0, 0.1) is 11.7 Å². The van der Waals surface area contributed by atoms with E-state index in [1.54, 1.807) is 10.7 Å². The molecule has 0 spiro atoms. The Morgan fingerprint density at radius 3 is 2.63 bits per heavy atom. The highest BCUT2D eigenvalue weighted by Gasteiger charge is 2.16. The van der Waals surface area contributed by atoms with E-state index in [1.165, 1.54) is 12.1 Å². The lowest BCUT2D eigenvalue weighted by atomic mass is 10.1. The first kappa shape index (κ1) is 13.5. The second-order valence-corrected chi connectivity index (χ2v) is 5.20. The molecule has 1 aromatic heterocycles. The first-order valence-electron chi connectivity index (χ1n) is 6.31. The summed E-state index contributed by atoms with van der Waals surface area (Å²) in [5.74, 6) is 0.685. The molecule has 6 heteroatoms. The normalized spacial score (nSPS) is 12.9. The number of halogens is 1. The predicted octanol–water partition coefficient (Wildman–Crippen LogP) is 2.67. The molecule has 0 amide bonds. The molecule has 0 saturated carbocycles. The van der Waals surface area contributed by atoms with Gasteiger partial charge in [0.2, 0.25) is 0 Å². The molecule has 2 aromatic rings. The minimum atomic E-state index is -0.388. The SMILES string of the molecule is CC(C)CC(C)n1nnnc1-c1cc(N)cc(F)c1. The Kier molecular flexibility index (Phi) is 3.78. The van der Waals surface area contributed by atoms with Crippen LogP contribution in [-0.2, 0) is 0 Å². The lowest BCUT2D eigenvalue weighted by molar-refractivity contribution is 0.394. The van der Waals surface area contributed by atoms with Crippen LogP contribution in [0.1, 0.15) is 33.2 Å². The first-order valence-corrected chi connectivity index (χ1v) is 6.31. The molecule has 1 unspecified atom stereocenters. The minimum Gasteiger partial charge on any atom is -0.399 e. The van der Waals surface area contributed by atoms with Gasteiger partial charge in [0.05, 0.1) is 6.04 Å². The van der Waals surface area contributed by atoms with Gasteiger partial charge in [-0.2, -0.15) is 0 Å². The maximum atomic E-state index is 13.4. The highest BCUT2D eigenvalue weighted by molar-refractivity contribution is 5.61. The average Bonchev–Trinajstić information content (AvgIpc) is 2.75. The smallest absolute Gasteiger partial charge is 0.182 e. The van der Waals surface area contributed by atoms with Crippen LogP contribution in [0.15, 0.2) is 18.2 Å². The minimum absolute atomic E-state index is 0.148. The highest BCUT2D eigenvalue weighted by atomic mass is 19.1. The fraction of sp³-hybridized carbons (Fsp3) is 0.462. The molecule has 0 aliphatic rings. The van der Waals surface area contributed by atoms with E-state index in [0.29, 0.717) is 23.0 Å². The van der Waals surface area contributed by atoms with Crippen LogP contribution in [0.25, 0.3) is 11.4 Å². The fourth-order valence-corrected chi connectivity index (χ4v) is 2.20. The summed E-state index contributed by atoms with van der Waals surface area (Å²) in [6.45, 7) is 6.32. The molecule has 0 aliphatic carbocycles. The Bertz CT molecular complexity index is 544. The van der Waals surface area contributed by atoms with E-state index in [4.69, 9.17) is 5.73 Å². The van der Waals surface area contributed by atoms with Crippen molar-refractivity contribution in [2.24, 2.45) is 5.92 Å². The van der Waals surface area contributed by atoms with Crippen LogP contribution in [0.5, 0.6) is 0 Å². The number of nitrogens with zero attached hydrogens (tertiary/aromatic N) is 4. The number of nitrogen functional groups attached to an aromatic ring is 1.